The zero-order valence-corrected chi connectivity index (χ0v) is 12.3. The van der Waals surface area contributed by atoms with Crippen molar-refractivity contribution in [1.29, 1.82) is 0 Å². The molecule has 0 aromatic carbocycles. The van der Waals surface area contributed by atoms with E-state index in [0.717, 1.165) is 19.3 Å². The molecule has 0 aliphatic heterocycles. The third kappa shape index (κ3) is 6.06. The molecule has 3 nitrogen and oxygen atoms in total. The van der Waals surface area contributed by atoms with E-state index in [-0.39, 0.29) is 12.0 Å². The molecule has 2 unspecified atom stereocenters. The number of hydrogen-bond acceptors (Lipinski definition) is 3. The van der Waals surface area contributed by atoms with Crippen LogP contribution < -0.4 is 0 Å². The van der Waals surface area contributed by atoms with E-state index in [1.54, 1.807) is 0 Å². The number of hydrogen-bond donors (Lipinski definition) is 0. The topological polar surface area (TPSA) is 29.5 Å². The SMILES string of the molecule is CCCC(C(=O)OCC)N(C)C(C)CC(C)C. The van der Waals surface area contributed by atoms with Crippen LogP contribution in [0.4, 0.5) is 0 Å². The molecule has 0 aliphatic carbocycles. The van der Waals surface area contributed by atoms with E-state index in [9.17, 15) is 4.79 Å². The minimum Gasteiger partial charge on any atom is -0.465 e. The number of rotatable bonds is 8. The summed E-state index contributed by atoms with van der Waals surface area (Å²) >= 11 is 0. The van der Waals surface area contributed by atoms with Crippen LogP contribution in [0.5, 0.6) is 0 Å². The van der Waals surface area contributed by atoms with Gasteiger partial charge in [-0.15, -0.1) is 0 Å². The fourth-order valence-electron chi connectivity index (χ4n) is 2.16. The fraction of sp³-hybridized carbons (Fsp3) is 0.929. The molecule has 0 aromatic rings. The van der Waals surface area contributed by atoms with Gasteiger partial charge in [-0.1, -0.05) is 27.2 Å². The Morgan fingerprint density at radius 1 is 1.24 bits per heavy atom. The lowest BCUT2D eigenvalue weighted by atomic mass is 10.0. The Hall–Kier alpha value is -0.570. The highest BCUT2D eigenvalue weighted by atomic mass is 16.5. The monoisotopic (exact) mass is 243 g/mol. The summed E-state index contributed by atoms with van der Waals surface area (Å²) in [4.78, 5) is 14.1. The summed E-state index contributed by atoms with van der Waals surface area (Å²) in [5.41, 5.74) is 0. The van der Waals surface area contributed by atoms with Crippen molar-refractivity contribution < 1.29 is 9.53 Å². The first-order chi connectivity index (χ1) is 7.93. The second kappa shape index (κ2) is 8.51. The van der Waals surface area contributed by atoms with Crippen molar-refractivity contribution in [3.05, 3.63) is 0 Å². The molecule has 0 amide bonds. The maximum atomic E-state index is 11.9. The van der Waals surface area contributed by atoms with Crippen molar-refractivity contribution in [2.75, 3.05) is 13.7 Å². The van der Waals surface area contributed by atoms with Gasteiger partial charge in [0.2, 0.25) is 0 Å². The van der Waals surface area contributed by atoms with E-state index < -0.39 is 0 Å². The van der Waals surface area contributed by atoms with Crippen LogP contribution in [-0.4, -0.2) is 36.6 Å². The molecule has 0 rings (SSSR count). The van der Waals surface area contributed by atoms with Crippen LogP contribution in [-0.2, 0) is 9.53 Å². The second-order valence-electron chi connectivity index (χ2n) is 5.20. The highest BCUT2D eigenvalue weighted by Gasteiger charge is 2.27. The summed E-state index contributed by atoms with van der Waals surface area (Å²) < 4.78 is 5.15. The van der Waals surface area contributed by atoms with E-state index in [0.29, 0.717) is 18.6 Å². The lowest BCUT2D eigenvalue weighted by Crippen LogP contribution is -2.44. The van der Waals surface area contributed by atoms with Crippen LogP contribution in [0.15, 0.2) is 0 Å². The lowest BCUT2D eigenvalue weighted by Gasteiger charge is -2.32. The van der Waals surface area contributed by atoms with Crippen LogP contribution in [0.3, 0.4) is 0 Å². The quantitative estimate of drug-likeness (QED) is 0.614. The molecule has 0 heterocycles. The molecule has 0 aliphatic rings. The Morgan fingerprint density at radius 2 is 1.82 bits per heavy atom. The number of ether oxygens (including phenoxy) is 1. The van der Waals surface area contributed by atoms with Crippen molar-refractivity contribution in [1.82, 2.24) is 4.90 Å². The minimum atomic E-state index is -0.0892. The van der Waals surface area contributed by atoms with Gasteiger partial charge in [-0.2, -0.15) is 0 Å². The summed E-state index contributed by atoms with van der Waals surface area (Å²) in [6, 6.07) is 0.324. The highest BCUT2D eigenvalue weighted by Crippen LogP contribution is 2.16. The Labute approximate surface area is 107 Å². The van der Waals surface area contributed by atoms with Gasteiger partial charge in [0.1, 0.15) is 6.04 Å². The van der Waals surface area contributed by atoms with Crippen molar-refractivity contribution in [2.45, 2.75) is 66.0 Å². The van der Waals surface area contributed by atoms with Gasteiger partial charge >= 0.3 is 5.97 Å². The zero-order valence-electron chi connectivity index (χ0n) is 12.3. The van der Waals surface area contributed by atoms with Gasteiger partial charge < -0.3 is 4.74 Å². The van der Waals surface area contributed by atoms with Gasteiger partial charge in [-0.05, 0) is 39.7 Å². The van der Waals surface area contributed by atoms with Crippen molar-refractivity contribution in [2.24, 2.45) is 5.92 Å². The molecule has 0 N–H and O–H groups in total. The number of likely N-dealkylation sites (N-methyl/N-ethyl adjacent to an activating group) is 1. The largest absolute Gasteiger partial charge is 0.465 e. The Bertz CT molecular complexity index is 216. The predicted octanol–water partition coefficient (Wildman–Crippen LogP) is 3.08. The maximum Gasteiger partial charge on any atom is 0.323 e. The molecule has 0 fully saturated rings. The average molecular weight is 243 g/mol. The Morgan fingerprint density at radius 3 is 2.24 bits per heavy atom. The highest BCUT2D eigenvalue weighted by molar-refractivity contribution is 5.75. The summed E-state index contributed by atoms with van der Waals surface area (Å²) in [6.07, 6.45) is 2.98. The average Bonchev–Trinajstić information content (AvgIpc) is 2.24. The first kappa shape index (κ1) is 16.4. The van der Waals surface area contributed by atoms with Gasteiger partial charge in [-0.3, -0.25) is 9.69 Å². The molecule has 0 spiro atoms. The molecule has 0 bridgehead atoms. The number of carbonyl (C=O) groups excluding carboxylic acids is 1. The Balaban J connectivity index is 4.51. The summed E-state index contributed by atoms with van der Waals surface area (Å²) in [6.45, 7) is 11.0. The zero-order chi connectivity index (χ0) is 13.4. The Kier molecular flexibility index (Phi) is 8.23. The van der Waals surface area contributed by atoms with Crippen molar-refractivity contribution in [3.63, 3.8) is 0 Å². The first-order valence-electron chi connectivity index (χ1n) is 6.82. The van der Waals surface area contributed by atoms with E-state index in [1.807, 2.05) is 14.0 Å². The summed E-state index contributed by atoms with van der Waals surface area (Å²) in [5, 5.41) is 0. The van der Waals surface area contributed by atoms with Crippen LogP contribution in [0.25, 0.3) is 0 Å². The lowest BCUT2D eigenvalue weighted by molar-refractivity contribution is -0.150. The third-order valence-corrected chi connectivity index (χ3v) is 3.12. The molecule has 0 saturated carbocycles. The summed E-state index contributed by atoms with van der Waals surface area (Å²) in [7, 11) is 2.03. The number of carbonyl (C=O) groups is 1. The van der Waals surface area contributed by atoms with Gasteiger partial charge in [-0.25, -0.2) is 0 Å². The maximum absolute atomic E-state index is 11.9. The molecule has 0 saturated heterocycles. The van der Waals surface area contributed by atoms with Crippen LogP contribution >= 0.6 is 0 Å². The van der Waals surface area contributed by atoms with Crippen LogP contribution in [0.1, 0.15) is 53.9 Å². The standard InChI is InChI=1S/C14H29NO2/c1-7-9-13(14(16)17-8-2)15(6)12(5)10-11(3)4/h11-13H,7-10H2,1-6H3. The number of nitrogens with zero attached hydrogens (tertiary/aromatic N) is 1. The van der Waals surface area contributed by atoms with E-state index in [2.05, 4.69) is 32.6 Å². The molecule has 17 heavy (non-hydrogen) atoms. The molecule has 102 valence electrons. The third-order valence-electron chi connectivity index (χ3n) is 3.12. The van der Waals surface area contributed by atoms with Crippen molar-refractivity contribution in [3.8, 4) is 0 Å². The van der Waals surface area contributed by atoms with E-state index >= 15 is 0 Å². The van der Waals surface area contributed by atoms with Crippen molar-refractivity contribution >= 4 is 5.97 Å². The molecule has 3 heteroatoms. The number of esters is 1. The van der Waals surface area contributed by atoms with Gasteiger partial charge in [0.15, 0.2) is 0 Å². The van der Waals surface area contributed by atoms with Gasteiger partial charge in [0.25, 0.3) is 0 Å². The first-order valence-corrected chi connectivity index (χ1v) is 6.82. The van der Waals surface area contributed by atoms with Gasteiger partial charge in [0.05, 0.1) is 6.61 Å². The van der Waals surface area contributed by atoms with E-state index in [1.165, 1.54) is 0 Å². The smallest absolute Gasteiger partial charge is 0.323 e. The fourth-order valence-corrected chi connectivity index (χ4v) is 2.16. The normalized spacial score (nSPS) is 15.1. The molecular weight excluding hydrogens is 214 g/mol. The van der Waals surface area contributed by atoms with Crippen LogP contribution in [0.2, 0.25) is 0 Å². The molecule has 0 aromatic heterocycles. The molecular formula is C14H29NO2. The summed E-state index contributed by atoms with van der Waals surface area (Å²) in [5.74, 6) is 0.573. The minimum absolute atomic E-state index is 0.0764. The second-order valence-corrected chi connectivity index (χ2v) is 5.20. The van der Waals surface area contributed by atoms with E-state index in [4.69, 9.17) is 4.74 Å². The van der Waals surface area contributed by atoms with Gasteiger partial charge in [0, 0.05) is 6.04 Å². The molecule has 2 atom stereocenters. The molecule has 0 radical (unpaired) electrons. The predicted molar refractivity (Wildman–Crippen MR) is 72.0 cm³/mol. The van der Waals surface area contributed by atoms with Crippen LogP contribution in [0, 0.1) is 5.92 Å².